The van der Waals surface area contributed by atoms with Gasteiger partial charge in [0.1, 0.15) is 6.54 Å². The lowest BCUT2D eigenvalue weighted by atomic mass is 10.1. The largest absolute Gasteiger partial charge is 0.354 e. The molecule has 1 aromatic carbocycles. The number of amides is 2. The molecular formula is C15H19N5O2. The van der Waals surface area contributed by atoms with Gasteiger partial charge in [0.15, 0.2) is 5.82 Å². The second-order valence-corrected chi connectivity index (χ2v) is 5.01. The van der Waals surface area contributed by atoms with Gasteiger partial charge in [-0.3, -0.25) is 9.59 Å². The van der Waals surface area contributed by atoms with Crippen LogP contribution in [0.5, 0.6) is 0 Å². The maximum Gasteiger partial charge on any atom is 0.241 e. The number of anilines is 1. The highest BCUT2D eigenvalue weighted by Crippen LogP contribution is 2.06. The van der Waals surface area contributed by atoms with E-state index < -0.39 is 0 Å². The molecule has 2 amide bonds. The molecule has 0 unspecified atom stereocenters. The number of nitrogens with one attached hydrogen (secondary N) is 2. The lowest BCUT2D eigenvalue weighted by molar-refractivity contribution is -0.121. The fraction of sp³-hybridized carbons (Fsp3) is 0.333. The number of aryl methyl sites for hydroxylation is 1. The molecule has 1 aromatic heterocycles. The Balaban J connectivity index is 1.77. The number of nitrogens with zero attached hydrogens (tertiary/aromatic N) is 3. The average Bonchev–Trinajstić information content (AvgIpc) is 2.87. The number of rotatable bonds is 6. The molecule has 0 aliphatic heterocycles. The van der Waals surface area contributed by atoms with Gasteiger partial charge in [-0.05, 0) is 24.5 Å². The van der Waals surface area contributed by atoms with Gasteiger partial charge >= 0.3 is 0 Å². The molecule has 0 spiro atoms. The summed E-state index contributed by atoms with van der Waals surface area (Å²) in [5.74, 6) is -0.0391. The zero-order valence-electron chi connectivity index (χ0n) is 12.7. The van der Waals surface area contributed by atoms with Gasteiger partial charge < -0.3 is 10.6 Å². The topological polar surface area (TPSA) is 88.9 Å². The molecule has 0 bridgehead atoms. The van der Waals surface area contributed by atoms with Crippen LogP contribution in [-0.4, -0.2) is 33.4 Å². The molecule has 22 heavy (non-hydrogen) atoms. The monoisotopic (exact) mass is 301 g/mol. The third kappa shape index (κ3) is 4.69. The lowest BCUT2D eigenvalue weighted by Gasteiger charge is -2.07. The molecule has 1 heterocycles. The maximum atomic E-state index is 11.8. The summed E-state index contributed by atoms with van der Waals surface area (Å²) in [4.78, 5) is 22.7. The average molecular weight is 301 g/mol. The molecule has 0 aliphatic rings. The number of hydrogen-bond donors (Lipinski definition) is 2. The molecule has 7 nitrogen and oxygen atoms in total. The van der Waals surface area contributed by atoms with Crippen LogP contribution in [0.3, 0.4) is 0 Å². The Hall–Kier alpha value is -2.70. The summed E-state index contributed by atoms with van der Waals surface area (Å²) in [6.07, 6.45) is 2.30. The Morgan fingerprint density at radius 1 is 1.27 bits per heavy atom. The van der Waals surface area contributed by atoms with Crippen LogP contribution in [0.25, 0.3) is 0 Å². The highest BCUT2D eigenvalue weighted by molar-refractivity contribution is 5.87. The van der Waals surface area contributed by atoms with Crippen molar-refractivity contribution in [1.82, 2.24) is 20.3 Å². The summed E-state index contributed by atoms with van der Waals surface area (Å²) in [7, 11) is 0. The maximum absolute atomic E-state index is 11.8. The molecule has 2 rings (SSSR count). The summed E-state index contributed by atoms with van der Waals surface area (Å²) in [5.41, 5.74) is 2.43. The van der Waals surface area contributed by atoms with Crippen molar-refractivity contribution >= 4 is 17.6 Å². The van der Waals surface area contributed by atoms with Gasteiger partial charge in [-0.2, -0.15) is 0 Å². The van der Waals surface area contributed by atoms with Crippen molar-refractivity contribution < 1.29 is 9.59 Å². The Morgan fingerprint density at radius 3 is 2.77 bits per heavy atom. The fourth-order valence-corrected chi connectivity index (χ4v) is 2.04. The van der Waals surface area contributed by atoms with E-state index in [0.717, 1.165) is 6.42 Å². The van der Waals surface area contributed by atoms with Gasteiger partial charge in [0.25, 0.3) is 0 Å². The summed E-state index contributed by atoms with van der Waals surface area (Å²) in [5, 5.41) is 12.9. The van der Waals surface area contributed by atoms with Crippen molar-refractivity contribution in [3.05, 3.63) is 41.6 Å². The summed E-state index contributed by atoms with van der Waals surface area (Å²) in [6, 6.07) is 8.09. The molecule has 0 radical (unpaired) electrons. The standard InChI is InChI=1S/C15H19N5O2/c1-11-5-3-4-6-13(11)7-8-16-15(22)10-20-9-14(18-19-20)17-12(2)21/h3-6,9H,7-8,10H2,1-2H3,(H,16,22)(H,17,21). The fourth-order valence-electron chi connectivity index (χ4n) is 2.04. The molecule has 7 heteroatoms. The SMILES string of the molecule is CC(=O)Nc1cn(CC(=O)NCCc2ccccc2C)nn1. The van der Waals surface area contributed by atoms with E-state index in [0.29, 0.717) is 12.4 Å². The van der Waals surface area contributed by atoms with Crippen molar-refractivity contribution in [2.75, 3.05) is 11.9 Å². The van der Waals surface area contributed by atoms with Crippen LogP contribution in [0, 0.1) is 6.92 Å². The van der Waals surface area contributed by atoms with E-state index in [4.69, 9.17) is 0 Å². The third-order valence-corrected chi connectivity index (χ3v) is 3.13. The molecule has 2 aromatic rings. The predicted molar refractivity (Wildman–Crippen MR) is 82.2 cm³/mol. The minimum Gasteiger partial charge on any atom is -0.354 e. The lowest BCUT2D eigenvalue weighted by Crippen LogP contribution is -2.29. The normalized spacial score (nSPS) is 10.3. The summed E-state index contributed by atoms with van der Waals surface area (Å²) < 4.78 is 1.38. The van der Waals surface area contributed by atoms with Crippen LogP contribution < -0.4 is 10.6 Å². The van der Waals surface area contributed by atoms with Crippen LogP contribution in [0.2, 0.25) is 0 Å². The first-order valence-corrected chi connectivity index (χ1v) is 7.03. The smallest absolute Gasteiger partial charge is 0.241 e. The number of benzene rings is 1. The molecule has 0 saturated carbocycles. The molecule has 0 atom stereocenters. The quantitative estimate of drug-likeness (QED) is 0.830. The predicted octanol–water partition coefficient (Wildman–Crippen LogP) is 0.904. The van der Waals surface area contributed by atoms with Gasteiger partial charge in [0, 0.05) is 13.5 Å². The molecule has 116 valence electrons. The van der Waals surface area contributed by atoms with Gasteiger partial charge in [-0.25, -0.2) is 4.68 Å². The van der Waals surface area contributed by atoms with Crippen LogP contribution in [0.1, 0.15) is 18.1 Å². The summed E-state index contributed by atoms with van der Waals surface area (Å²) >= 11 is 0. The Labute approximate surface area is 128 Å². The first-order chi connectivity index (χ1) is 10.5. The van der Waals surface area contributed by atoms with Gasteiger partial charge in [0.2, 0.25) is 11.8 Å². The zero-order chi connectivity index (χ0) is 15.9. The van der Waals surface area contributed by atoms with E-state index in [9.17, 15) is 9.59 Å². The molecule has 0 saturated heterocycles. The van der Waals surface area contributed by atoms with E-state index in [-0.39, 0.29) is 18.4 Å². The third-order valence-electron chi connectivity index (χ3n) is 3.13. The van der Waals surface area contributed by atoms with Crippen molar-refractivity contribution in [1.29, 1.82) is 0 Å². The van der Waals surface area contributed by atoms with E-state index in [1.54, 1.807) is 0 Å². The number of carbonyl (C=O) groups excluding carboxylic acids is 2. The number of carbonyl (C=O) groups is 2. The molecule has 0 fully saturated rings. The van der Waals surface area contributed by atoms with Gasteiger partial charge in [-0.1, -0.05) is 29.5 Å². The minimum atomic E-state index is -0.227. The van der Waals surface area contributed by atoms with E-state index >= 15 is 0 Å². The number of aromatic nitrogens is 3. The van der Waals surface area contributed by atoms with Crippen LogP contribution in [0.15, 0.2) is 30.5 Å². The van der Waals surface area contributed by atoms with Crippen molar-refractivity contribution in [3.8, 4) is 0 Å². The highest BCUT2D eigenvalue weighted by atomic mass is 16.2. The summed E-state index contributed by atoms with van der Waals surface area (Å²) in [6.45, 7) is 4.07. The van der Waals surface area contributed by atoms with E-state index in [1.165, 1.54) is 28.9 Å². The first kappa shape index (κ1) is 15.7. The van der Waals surface area contributed by atoms with Crippen molar-refractivity contribution in [3.63, 3.8) is 0 Å². The van der Waals surface area contributed by atoms with Crippen LogP contribution in [0.4, 0.5) is 5.82 Å². The first-order valence-electron chi connectivity index (χ1n) is 7.03. The van der Waals surface area contributed by atoms with Crippen molar-refractivity contribution in [2.24, 2.45) is 0 Å². The zero-order valence-corrected chi connectivity index (χ0v) is 12.7. The minimum absolute atomic E-state index is 0.0698. The Kier molecular flexibility index (Phi) is 5.24. The van der Waals surface area contributed by atoms with Gasteiger partial charge in [0.05, 0.1) is 6.20 Å². The van der Waals surface area contributed by atoms with Crippen LogP contribution >= 0.6 is 0 Å². The highest BCUT2D eigenvalue weighted by Gasteiger charge is 2.07. The van der Waals surface area contributed by atoms with E-state index in [1.807, 2.05) is 12.1 Å². The molecular weight excluding hydrogens is 282 g/mol. The Morgan fingerprint density at radius 2 is 2.05 bits per heavy atom. The van der Waals surface area contributed by atoms with Crippen LogP contribution in [-0.2, 0) is 22.6 Å². The van der Waals surface area contributed by atoms with Crippen molar-refractivity contribution in [2.45, 2.75) is 26.8 Å². The number of hydrogen-bond acceptors (Lipinski definition) is 4. The van der Waals surface area contributed by atoms with Gasteiger partial charge in [-0.15, -0.1) is 5.10 Å². The second-order valence-electron chi connectivity index (χ2n) is 5.01. The van der Waals surface area contributed by atoms with E-state index in [2.05, 4.69) is 40.0 Å². The Bertz CT molecular complexity index is 665. The molecule has 0 aliphatic carbocycles. The molecule has 2 N–H and O–H groups in total. The second kappa shape index (κ2) is 7.35.